The van der Waals surface area contributed by atoms with E-state index < -0.39 is 0 Å². The Bertz CT molecular complexity index is 3870. The van der Waals surface area contributed by atoms with Crippen molar-refractivity contribution in [1.29, 1.82) is 0 Å². The van der Waals surface area contributed by atoms with Gasteiger partial charge in [0.05, 0.1) is 44.7 Å². The molecule has 0 amide bonds. The maximum Gasteiger partial charge on any atom is 0.160 e. The molecule has 298 valence electrons. The second-order valence-electron chi connectivity index (χ2n) is 16.3. The molecule has 0 saturated carbocycles. The normalized spacial score (nSPS) is 11.8. The average molecular weight is 817 g/mol. The van der Waals surface area contributed by atoms with E-state index in [4.69, 9.17) is 19.4 Å². The third-order valence-corrected chi connectivity index (χ3v) is 12.6. The summed E-state index contributed by atoms with van der Waals surface area (Å²) in [4.78, 5) is 15.5. The standard InChI is InChI=1S/C59H36N4O/c1-4-16-38(17-5-1)48-36-49(62-59(61-48)41-20-8-3-9-21-41)39-30-28-37(29-31-39)42-33-35-53-56(45-24-12-15-27-52(45)64-53)58(42)63-50-26-14-11-23-44(50)55-51(63)34-32-46-54(55)43-22-10-13-25-47(43)60-57(46)40-18-6-2-7-19-40/h1-36H. The van der Waals surface area contributed by atoms with Crippen molar-refractivity contribution in [2.45, 2.75) is 0 Å². The minimum Gasteiger partial charge on any atom is -0.456 e. The van der Waals surface area contributed by atoms with Crippen molar-refractivity contribution in [3.8, 4) is 62.0 Å². The highest BCUT2D eigenvalue weighted by molar-refractivity contribution is 6.30. The molecule has 0 saturated heterocycles. The van der Waals surface area contributed by atoms with Crippen molar-refractivity contribution in [3.05, 3.63) is 218 Å². The maximum absolute atomic E-state index is 6.64. The number of rotatable bonds is 6. The third-order valence-electron chi connectivity index (χ3n) is 12.6. The van der Waals surface area contributed by atoms with Gasteiger partial charge in [-0.2, -0.15) is 0 Å². The molecule has 13 aromatic rings. The van der Waals surface area contributed by atoms with Crippen LogP contribution in [0.4, 0.5) is 0 Å². The minimum absolute atomic E-state index is 0.693. The largest absolute Gasteiger partial charge is 0.456 e. The lowest BCUT2D eigenvalue weighted by molar-refractivity contribution is 0.669. The smallest absolute Gasteiger partial charge is 0.160 e. The molecule has 5 heteroatoms. The van der Waals surface area contributed by atoms with Gasteiger partial charge in [-0.25, -0.2) is 15.0 Å². The summed E-state index contributed by atoms with van der Waals surface area (Å²) in [6.07, 6.45) is 0. The van der Waals surface area contributed by atoms with E-state index in [2.05, 4.69) is 180 Å². The number of hydrogen-bond acceptors (Lipinski definition) is 4. The van der Waals surface area contributed by atoms with Crippen LogP contribution in [0, 0.1) is 0 Å². The molecule has 0 aliphatic rings. The fourth-order valence-corrected chi connectivity index (χ4v) is 9.71. The lowest BCUT2D eigenvalue weighted by Crippen LogP contribution is -1.99. The molecular weight excluding hydrogens is 781 g/mol. The van der Waals surface area contributed by atoms with Crippen LogP contribution in [0.5, 0.6) is 0 Å². The molecule has 0 N–H and O–H groups in total. The summed E-state index contributed by atoms with van der Waals surface area (Å²) in [5, 5.41) is 7.96. The summed E-state index contributed by atoms with van der Waals surface area (Å²) in [7, 11) is 0. The predicted molar refractivity (Wildman–Crippen MR) is 264 cm³/mol. The molecule has 0 spiro atoms. The van der Waals surface area contributed by atoms with Crippen LogP contribution in [0.1, 0.15) is 0 Å². The van der Waals surface area contributed by atoms with Crippen LogP contribution < -0.4 is 0 Å². The van der Waals surface area contributed by atoms with E-state index in [-0.39, 0.29) is 0 Å². The zero-order chi connectivity index (χ0) is 42.1. The Morgan fingerprint density at radius 3 is 1.69 bits per heavy atom. The molecule has 5 nitrogen and oxygen atoms in total. The molecule has 4 aromatic heterocycles. The van der Waals surface area contributed by atoms with Crippen molar-refractivity contribution in [3.63, 3.8) is 0 Å². The van der Waals surface area contributed by atoms with Gasteiger partial charge in [0.1, 0.15) is 11.2 Å². The van der Waals surface area contributed by atoms with Gasteiger partial charge in [0.15, 0.2) is 5.82 Å². The lowest BCUT2D eigenvalue weighted by Gasteiger charge is -2.17. The van der Waals surface area contributed by atoms with Crippen LogP contribution >= 0.6 is 0 Å². The van der Waals surface area contributed by atoms with E-state index >= 15 is 0 Å². The highest BCUT2D eigenvalue weighted by Crippen LogP contribution is 2.47. The summed E-state index contributed by atoms with van der Waals surface area (Å²) >= 11 is 0. The Hall–Kier alpha value is -8.67. The monoisotopic (exact) mass is 816 g/mol. The van der Waals surface area contributed by atoms with E-state index in [9.17, 15) is 0 Å². The van der Waals surface area contributed by atoms with E-state index in [1.807, 2.05) is 42.5 Å². The lowest BCUT2D eigenvalue weighted by atomic mass is 9.96. The van der Waals surface area contributed by atoms with E-state index in [0.717, 1.165) is 105 Å². The fourth-order valence-electron chi connectivity index (χ4n) is 9.71. The summed E-state index contributed by atoms with van der Waals surface area (Å²) in [6.45, 7) is 0. The van der Waals surface area contributed by atoms with Crippen LogP contribution in [-0.4, -0.2) is 19.5 Å². The predicted octanol–water partition coefficient (Wildman–Crippen LogP) is 15.5. The average Bonchev–Trinajstić information content (AvgIpc) is 3.92. The van der Waals surface area contributed by atoms with Gasteiger partial charge in [0, 0.05) is 60.1 Å². The number of fused-ring (bicyclic) bond motifs is 10. The topological polar surface area (TPSA) is 56.7 Å². The molecule has 0 radical (unpaired) electrons. The Balaban J connectivity index is 1.07. The van der Waals surface area contributed by atoms with Gasteiger partial charge in [0.2, 0.25) is 0 Å². The fraction of sp³-hybridized carbons (Fsp3) is 0. The molecule has 64 heavy (non-hydrogen) atoms. The minimum atomic E-state index is 0.693. The number of hydrogen-bond donors (Lipinski definition) is 0. The summed E-state index contributed by atoms with van der Waals surface area (Å²) in [6, 6.07) is 76.6. The first kappa shape index (κ1) is 36.0. The number of furan rings is 1. The number of benzene rings is 9. The molecule has 0 aliphatic carbocycles. The number of aromatic nitrogens is 4. The summed E-state index contributed by atoms with van der Waals surface area (Å²) in [5.74, 6) is 0.693. The highest BCUT2D eigenvalue weighted by Gasteiger charge is 2.24. The Kier molecular flexibility index (Phi) is 8.15. The summed E-state index contributed by atoms with van der Waals surface area (Å²) in [5.41, 5.74) is 15.0. The molecule has 0 unspecified atom stereocenters. The zero-order valence-corrected chi connectivity index (χ0v) is 34.5. The molecular formula is C59H36N4O. The van der Waals surface area contributed by atoms with Gasteiger partial charge in [-0.1, -0.05) is 176 Å². The quantitative estimate of drug-likeness (QED) is 0.157. The van der Waals surface area contributed by atoms with Gasteiger partial charge in [-0.15, -0.1) is 0 Å². The number of nitrogens with zero attached hydrogens (tertiary/aromatic N) is 4. The molecule has 4 heterocycles. The van der Waals surface area contributed by atoms with Gasteiger partial charge in [0.25, 0.3) is 0 Å². The molecule has 0 fully saturated rings. The Morgan fingerprint density at radius 2 is 0.938 bits per heavy atom. The van der Waals surface area contributed by atoms with Crippen LogP contribution in [-0.2, 0) is 0 Å². The van der Waals surface area contributed by atoms with Crippen LogP contribution in [0.3, 0.4) is 0 Å². The molecule has 9 aromatic carbocycles. The number of pyridine rings is 1. The van der Waals surface area contributed by atoms with Gasteiger partial charge in [-0.3, -0.25) is 0 Å². The van der Waals surface area contributed by atoms with Crippen LogP contribution in [0.2, 0.25) is 0 Å². The van der Waals surface area contributed by atoms with Crippen molar-refractivity contribution < 1.29 is 4.42 Å². The Labute approximate surface area is 368 Å². The second-order valence-corrected chi connectivity index (χ2v) is 16.3. The van der Waals surface area contributed by atoms with E-state index in [1.165, 1.54) is 16.2 Å². The molecule has 0 atom stereocenters. The Morgan fingerprint density at radius 1 is 0.344 bits per heavy atom. The van der Waals surface area contributed by atoms with Gasteiger partial charge in [-0.05, 0) is 48.0 Å². The first-order chi connectivity index (χ1) is 31.7. The molecule has 0 aliphatic heterocycles. The van der Waals surface area contributed by atoms with Crippen molar-refractivity contribution in [2.75, 3.05) is 0 Å². The molecule has 13 rings (SSSR count). The van der Waals surface area contributed by atoms with E-state index in [1.54, 1.807) is 0 Å². The van der Waals surface area contributed by atoms with Crippen LogP contribution in [0.15, 0.2) is 223 Å². The molecule has 0 bridgehead atoms. The summed E-state index contributed by atoms with van der Waals surface area (Å²) < 4.78 is 9.11. The van der Waals surface area contributed by atoms with Gasteiger partial charge >= 0.3 is 0 Å². The maximum atomic E-state index is 6.64. The van der Waals surface area contributed by atoms with E-state index in [0.29, 0.717) is 5.82 Å². The zero-order valence-electron chi connectivity index (χ0n) is 34.5. The number of para-hydroxylation sites is 3. The third kappa shape index (κ3) is 5.68. The first-order valence-electron chi connectivity index (χ1n) is 21.6. The van der Waals surface area contributed by atoms with Crippen molar-refractivity contribution in [1.82, 2.24) is 19.5 Å². The first-order valence-corrected chi connectivity index (χ1v) is 21.6. The van der Waals surface area contributed by atoms with Gasteiger partial charge < -0.3 is 8.98 Å². The second kappa shape index (κ2) is 14.5. The van der Waals surface area contributed by atoms with Crippen molar-refractivity contribution in [2.24, 2.45) is 0 Å². The van der Waals surface area contributed by atoms with Crippen LogP contribution in [0.25, 0.3) is 127 Å². The van der Waals surface area contributed by atoms with Crippen molar-refractivity contribution >= 4 is 65.4 Å². The highest BCUT2D eigenvalue weighted by atomic mass is 16.3. The SMILES string of the molecule is c1ccc(-c2cc(-c3ccc(-c4ccc5oc6ccccc6c5c4-n4c5ccccc5c5c6c(ccc54)c(-c4ccccc4)nc4ccccc46)cc3)nc(-c3ccccc3)n2)cc1.